The maximum atomic E-state index is 14.5. The fourth-order valence-corrected chi connectivity index (χ4v) is 6.83. The van der Waals surface area contributed by atoms with Gasteiger partial charge >= 0.3 is 6.09 Å². The quantitative estimate of drug-likeness (QED) is 0.304. The average Bonchev–Trinajstić information content (AvgIpc) is 3.75. The maximum Gasteiger partial charge on any atom is 0.410 e. The number of nitrogens with one attached hydrogen (secondary N) is 1. The molecule has 3 heterocycles. The number of hydrogen-bond donors (Lipinski definition) is 1. The van der Waals surface area contributed by atoms with Gasteiger partial charge in [-0.15, -0.1) is 0 Å². The predicted molar refractivity (Wildman–Crippen MR) is 186 cm³/mol. The number of benzene rings is 1. The first kappa shape index (κ1) is 36.7. The summed E-state index contributed by atoms with van der Waals surface area (Å²) in [5.74, 6) is -0.832. The molecular formula is C37H50FN7O5. The third kappa shape index (κ3) is 9.16. The van der Waals surface area contributed by atoms with Crippen molar-refractivity contribution in [2.75, 3.05) is 26.7 Å². The summed E-state index contributed by atoms with van der Waals surface area (Å²) in [7, 11) is 1.52. The highest BCUT2D eigenvalue weighted by Gasteiger charge is 2.40. The summed E-state index contributed by atoms with van der Waals surface area (Å²) >= 11 is 0. The van der Waals surface area contributed by atoms with Crippen LogP contribution >= 0.6 is 0 Å². The lowest BCUT2D eigenvalue weighted by Gasteiger charge is -2.37. The minimum Gasteiger partial charge on any atom is -0.444 e. The highest BCUT2D eigenvalue weighted by molar-refractivity contribution is 5.93. The molecule has 1 saturated carbocycles. The number of likely N-dealkylation sites (tertiary alicyclic amines) is 1. The van der Waals surface area contributed by atoms with E-state index in [0.29, 0.717) is 31.7 Å². The number of likely N-dealkylation sites (N-methyl/N-ethyl adjacent to an activating group) is 1. The van der Waals surface area contributed by atoms with Gasteiger partial charge in [-0.05, 0) is 89.5 Å². The van der Waals surface area contributed by atoms with Gasteiger partial charge in [0.15, 0.2) is 0 Å². The first-order chi connectivity index (χ1) is 23.8. The van der Waals surface area contributed by atoms with E-state index in [-0.39, 0.29) is 41.8 Å². The van der Waals surface area contributed by atoms with Crippen LogP contribution in [0.5, 0.6) is 0 Å². The molecule has 1 aromatic carbocycles. The van der Waals surface area contributed by atoms with Crippen LogP contribution in [0, 0.1) is 11.7 Å². The number of imidazole rings is 1. The van der Waals surface area contributed by atoms with E-state index in [9.17, 15) is 23.6 Å². The molecule has 3 unspecified atom stereocenters. The number of rotatable bonds is 11. The molecule has 2 fully saturated rings. The Morgan fingerprint density at radius 3 is 2.46 bits per heavy atom. The van der Waals surface area contributed by atoms with Gasteiger partial charge in [-0.2, -0.15) is 0 Å². The Bertz CT molecular complexity index is 1620. The average molecular weight is 692 g/mol. The van der Waals surface area contributed by atoms with Crippen molar-refractivity contribution in [3.05, 3.63) is 66.0 Å². The molecule has 50 heavy (non-hydrogen) atoms. The molecule has 2 aromatic heterocycles. The van der Waals surface area contributed by atoms with E-state index in [1.165, 1.54) is 24.1 Å². The van der Waals surface area contributed by atoms with Crippen molar-refractivity contribution in [1.82, 2.24) is 34.4 Å². The number of ether oxygens (including phenoxy) is 1. The van der Waals surface area contributed by atoms with Gasteiger partial charge in [-0.25, -0.2) is 19.2 Å². The minimum absolute atomic E-state index is 0.0397. The summed E-state index contributed by atoms with van der Waals surface area (Å²) in [4.78, 5) is 68.4. The monoisotopic (exact) mass is 691 g/mol. The van der Waals surface area contributed by atoms with Gasteiger partial charge in [0.2, 0.25) is 17.6 Å². The lowest BCUT2D eigenvalue weighted by Crippen LogP contribution is -2.58. The van der Waals surface area contributed by atoms with Gasteiger partial charge in [0.05, 0.1) is 0 Å². The molecule has 1 aliphatic carbocycles. The zero-order valence-corrected chi connectivity index (χ0v) is 29.8. The highest BCUT2D eigenvalue weighted by atomic mass is 19.1. The van der Waals surface area contributed by atoms with E-state index in [0.717, 1.165) is 44.1 Å². The number of amides is 4. The van der Waals surface area contributed by atoms with Crippen molar-refractivity contribution < 1.29 is 28.3 Å². The Kier molecular flexibility index (Phi) is 11.7. The second-order valence-electron chi connectivity index (χ2n) is 14.6. The Morgan fingerprint density at radius 1 is 1.06 bits per heavy atom. The summed E-state index contributed by atoms with van der Waals surface area (Å²) in [6, 6.07) is 6.07. The molecule has 270 valence electrons. The Balaban J connectivity index is 1.35. The van der Waals surface area contributed by atoms with E-state index >= 15 is 0 Å². The van der Waals surface area contributed by atoms with E-state index in [4.69, 9.17) is 4.74 Å². The number of carbonyl (C=O) groups excluding carboxylic acids is 4. The Morgan fingerprint density at radius 2 is 1.78 bits per heavy atom. The maximum absolute atomic E-state index is 14.5. The van der Waals surface area contributed by atoms with Crippen molar-refractivity contribution in [2.24, 2.45) is 5.92 Å². The lowest BCUT2D eigenvalue weighted by molar-refractivity contribution is -0.140. The van der Waals surface area contributed by atoms with E-state index in [1.807, 2.05) is 4.90 Å². The molecule has 3 atom stereocenters. The fraction of sp³-hybridized carbons (Fsp3) is 0.568. The standard InChI is InChI=1S/C37H50FN7O5/c1-25(42(5)36(49)50-37(2,3)4)32(46)41-31(27-11-7-6-8-12-27)34(48)45-21-9-13-29(45)23-43(22-18-26-14-16-28(38)17-15-26)33(47)30-24-44-20-10-19-39-35(44)40-30/h10,14-17,19-20,24-25,27,29,31H,6-9,11-13,18,21-23H2,1-5H3,(H,41,46). The number of nitrogens with zero attached hydrogens (tertiary/aromatic N) is 6. The van der Waals surface area contributed by atoms with Crippen LogP contribution in [0.1, 0.15) is 88.7 Å². The molecule has 2 aliphatic rings. The molecule has 1 N–H and O–H groups in total. The number of fused-ring (bicyclic) bond motifs is 1. The van der Waals surface area contributed by atoms with Crippen LogP contribution in [0.2, 0.25) is 0 Å². The Hall–Kier alpha value is -4.55. The van der Waals surface area contributed by atoms with Crippen LogP contribution in [0.15, 0.2) is 48.9 Å². The van der Waals surface area contributed by atoms with Crippen LogP contribution in [-0.4, -0.2) is 103 Å². The van der Waals surface area contributed by atoms with Gasteiger partial charge in [-0.1, -0.05) is 31.4 Å². The summed E-state index contributed by atoms with van der Waals surface area (Å²) in [6.07, 6.45) is 11.0. The van der Waals surface area contributed by atoms with Crippen molar-refractivity contribution in [3.8, 4) is 0 Å². The molecular weight excluding hydrogens is 641 g/mol. The second kappa shape index (κ2) is 16.0. The third-order valence-corrected chi connectivity index (χ3v) is 9.74. The van der Waals surface area contributed by atoms with Gasteiger partial charge in [-0.3, -0.25) is 23.7 Å². The number of carbonyl (C=O) groups is 4. The van der Waals surface area contributed by atoms with Gasteiger partial charge in [0.25, 0.3) is 5.91 Å². The van der Waals surface area contributed by atoms with Crippen LogP contribution in [0.4, 0.5) is 9.18 Å². The van der Waals surface area contributed by atoms with Crippen molar-refractivity contribution in [1.29, 1.82) is 0 Å². The smallest absolute Gasteiger partial charge is 0.410 e. The highest BCUT2D eigenvalue weighted by Crippen LogP contribution is 2.30. The SMILES string of the molecule is CC(C(=O)NC(C(=O)N1CCCC1CN(CCc1ccc(F)cc1)C(=O)c1cn2cccnc2n1)C1CCCCC1)N(C)C(=O)OC(C)(C)C. The molecule has 3 aromatic rings. The topological polar surface area (TPSA) is 129 Å². The summed E-state index contributed by atoms with van der Waals surface area (Å²) < 4.78 is 20.8. The van der Waals surface area contributed by atoms with Crippen LogP contribution < -0.4 is 5.32 Å². The van der Waals surface area contributed by atoms with Crippen molar-refractivity contribution in [2.45, 2.75) is 103 Å². The van der Waals surface area contributed by atoms with E-state index in [2.05, 4.69) is 15.3 Å². The summed E-state index contributed by atoms with van der Waals surface area (Å²) in [5.41, 5.74) is 0.406. The van der Waals surface area contributed by atoms with Gasteiger partial charge in [0.1, 0.15) is 29.2 Å². The molecule has 1 aliphatic heterocycles. The zero-order chi connectivity index (χ0) is 36.0. The van der Waals surface area contributed by atoms with Crippen LogP contribution in [0.25, 0.3) is 5.78 Å². The minimum atomic E-state index is -0.863. The molecule has 5 rings (SSSR count). The molecule has 0 bridgehead atoms. The van der Waals surface area contributed by atoms with Crippen LogP contribution in [-0.2, 0) is 20.7 Å². The third-order valence-electron chi connectivity index (χ3n) is 9.74. The molecule has 13 heteroatoms. The van der Waals surface area contributed by atoms with Crippen molar-refractivity contribution in [3.63, 3.8) is 0 Å². The normalized spacial score (nSPS) is 18.0. The number of hydrogen-bond acceptors (Lipinski definition) is 7. The molecule has 4 amide bonds. The number of aromatic nitrogens is 3. The van der Waals surface area contributed by atoms with E-state index < -0.39 is 29.7 Å². The lowest BCUT2D eigenvalue weighted by atomic mass is 9.83. The van der Waals surface area contributed by atoms with Gasteiger partial charge in [0, 0.05) is 51.3 Å². The second-order valence-corrected chi connectivity index (χ2v) is 14.6. The molecule has 1 saturated heterocycles. The first-order valence-electron chi connectivity index (χ1n) is 17.7. The van der Waals surface area contributed by atoms with Crippen molar-refractivity contribution >= 4 is 29.6 Å². The molecule has 0 radical (unpaired) electrons. The fourth-order valence-electron chi connectivity index (χ4n) is 6.83. The largest absolute Gasteiger partial charge is 0.444 e. The number of halogens is 1. The van der Waals surface area contributed by atoms with Crippen LogP contribution in [0.3, 0.4) is 0 Å². The Labute approximate surface area is 293 Å². The predicted octanol–water partition coefficient (Wildman–Crippen LogP) is 4.86. The van der Waals surface area contributed by atoms with E-state index in [1.54, 1.807) is 73.8 Å². The first-order valence-corrected chi connectivity index (χ1v) is 17.7. The summed E-state index contributed by atoms with van der Waals surface area (Å²) in [5, 5.41) is 3.04. The molecule has 0 spiro atoms. The molecule has 12 nitrogen and oxygen atoms in total. The summed E-state index contributed by atoms with van der Waals surface area (Å²) in [6.45, 7) is 8.03. The zero-order valence-electron chi connectivity index (χ0n) is 29.8. The van der Waals surface area contributed by atoms with Gasteiger partial charge < -0.3 is 19.9 Å².